The number of rotatable bonds is 29. The second-order valence-electron chi connectivity index (χ2n) is 18.7. The zero-order chi connectivity index (χ0) is 49.5. The summed E-state index contributed by atoms with van der Waals surface area (Å²) in [6.45, 7) is 15.1. The topological polar surface area (TPSA) is 18.5 Å². The highest BCUT2D eigenvalue weighted by Gasteiger charge is 2.38. The van der Waals surface area contributed by atoms with Crippen molar-refractivity contribution in [2.45, 2.75) is 226 Å². The van der Waals surface area contributed by atoms with Crippen LogP contribution in [-0.2, 0) is 47.0 Å². The molecule has 2 aromatic carbocycles. The smallest absolute Gasteiger partial charge is 0.379 e. The summed E-state index contributed by atoms with van der Waals surface area (Å²) in [6.07, 6.45) is 1.74. The number of unbranched alkanes of at least 4 members (excludes halogenated alkanes) is 12. The summed E-state index contributed by atoms with van der Waals surface area (Å²) in [5, 5.41) is 0. The minimum atomic E-state index is -4.81. The Morgan fingerprint density at radius 3 is 0.938 bits per heavy atom. The molecular formula is C51H78F12O2. The van der Waals surface area contributed by atoms with Crippen molar-refractivity contribution in [2.24, 2.45) is 11.8 Å². The molecule has 0 aliphatic rings. The molecule has 2 rings (SSSR count). The zero-order valence-electron chi connectivity index (χ0n) is 40.2. The molecule has 2 aromatic rings. The van der Waals surface area contributed by atoms with E-state index in [0.717, 1.165) is 75.6 Å². The van der Waals surface area contributed by atoms with E-state index in [1.807, 2.05) is 20.8 Å². The van der Waals surface area contributed by atoms with E-state index in [1.54, 1.807) is 7.11 Å². The zero-order valence-corrected chi connectivity index (χ0v) is 40.2. The van der Waals surface area contributed by atoms with E-state index in [4.69, 9.17) is 9.47 Å². The first-order valence-corrected chi connectivity index (χ1v) is 23.9. The van der Waals surface area contributed by atoms with Crippen LogP contribution in [0, 0.1) is 11.8 Å². The van der Waals surface area contributed by atoms with Crippen LogP contribution in [0.15, 0.2) is 36.4 Å². The summed E-state index contributed by atoms with van der Waals surface area (Å²) >= 11 is 0. The van der Waals surface area contributed by atoms with Gasteiger partial charge in [0.2, 0.25) is 0 Å². The Labute approximate surface area is 382 Å². The van der Waals surface area contributed by atoms with Gasteiger partial charge in [0.15, 0.2) is 0 Å². The molecule has 0 aliphatic carbocycles. The minimum Gasteiger partial charge on any atom is -0.379 e. The lowest BCUT2D eigenvalue weighted by atomic mass is 9.82. The number of hydrogen-bond acceptors (Lipinski definition) is 2. The highest BCUT2D eigenvalue weighted by Crippen LogP contribution is 2.39. The number of halogens is 12. The van der Waals surface area contributed by atoms with Gasteiger partial charge in [-0.1, -0.05) is 104 Å². The van der Waals surface area contributed by atoms with Crippen molar-refractivity contribution in [3.8, 4) is 0 Å². The molecule has 0 N–H and O–H groups in total. The van der Waals surface area contributed by atoms with Crippen LogP contribution in [0.1, 0.15) is 210 Å². The lowest BCUT2D eigenvalue weighted by Crippen LogP contribution is -2.34. The van der Waals surface area contributed by atoms with Gasteiger partial charge in [-0.05, 0) is 145 Å². The minimum absolute atomic E-state index is 0.0747. The highest BCUT2D eigenvalue weighted by molar-refractivity contribution is 5.34. The molecule has 0 amide bonds. The molecule has 0 radical (unpaired) electrons. The Hall–Kier alpha value is -2.48. The fourth-order valence-electron chi connectivity index (χ4n) is 8.44. The molecule has 0 aliphatic heterocycles. The molecule has 378 valence electrons. The van der Waals surface area contributed by atoms with Gasteiger partial charge in [0.05, 0.1) is 33.5 Å². The Morgan fingerprint density at radius 2 is 0.662 bits per heavy atom. The van der Waals surface area contributed by atoms with Crippen LogP contribution in [0.25, 0.3) is 0 Å². The molecule has 0 aromatic heterocycles. The van der Waals surface area contributed by atoms with Crippen molar-refractivity contribution in [1.29, 1.82) is 0 Å². The summed E-state index contributed by atoms with van der Waals surface area (Å²) in [6, 6.07) is 3.72. The molecular weight excluding hydrogens is 873 g/mol. The average molecular weight is 951 g/mol. The van der Waals surface area contributed by atoms with Crippen LogP contribution in [0.5, 0.6) is 0 Å². The van der Waals surface area contributed by atoms with E-state index in [-0.39, 0.29) is 47.3 Å². The first-order chi connectivity index (χ1) is 30.1. The number of aryl methyl sites for hydroxylation is 2. The van der Waals surface area contributed by atoms with E-state index in [1.165, 1.54) is 64.2 Å². The van der Waals surface area contributed by atoms with Crippen LogP contribution >= 0.6 is 0 Å². The van der Waals surface area contributed by atoms with Crippen molar-refractivity contribution in [3.63, 3.8) is 0 Å². The van der Waals surface area contributed by atoms with Gasteiger partial charge in [0, 0.05) is 13.7 Å². The van der Waals surface area contributed by atoms with E-state index in [0.29, 0.717) is 31.3 Å². The molecule has 0 spiro atoms. The largest absolute Gasteiger partial charge is 0.416 e. The van der Waals surface area contributed by atoms with E-state index < -0.39 is 47.0 Å². The van der Waals surface area contributed by atoms with Gasteiger partial charge in [-0.25, -0.2) is 0 Å². The SMILES string of the molecule is CCCCCCCCC(CCCCc1cc(C(F)(F)F)cc(C(F)(F)F)c1)C(C)(C)OC.CCCCCCCCC(CCCCc1cc(C(F)(F)F)cc(C(F)(F)F)c1)C(C)(C)OCC. The first-order valence-electron chi connectivity index (χ1n) is 23.9. The third kappa shape index (κ3) is 24.4. The molecule has 2 atom stereocenters. The summed E-state index contributed by atoms with van der Waals surface area (Å²) in [5.74, 6) is 0.599. The van der Waals surface area contributed by atoms with Crippen molar-refractivity contribution in [2.75, 3.05) is 13.7 Å². The van der Waals surface area contributed by atoms with Crippen molar-refractivity contribution < 1.29 is 62.2 Å². The Kier molecular flexibility index (Phi) is 26.8. The summed E-state index contributed by atoms with van der Waals surface area (Å²) in [5.41, 5.74) is -5.45. The molecule has 14 heteroatoms. The van der Waals surface area contributed by atoms with Gasteiger partial charge in [-0.2, -0.15) is 52.7 Å². The maximum absolute atomic E-state index is 13.1. The fourth-order valence-corrected chi connectivity index (χ4v) is 8.44. The van der Waals surface area contributed by atoms with Crippen LogP contribution in [0.3, 0.4) is 0 Å². The number of alkyl halides is 12. The fraction of sp³-hybridized carbons (Fsp3) is 0.765. The van der Waals surface area contributed by atoms with Gasteiger partial charge >= 0.3 is 24.7 Å². The molecule has 0 fully saturated rings. The van der Waals surface area contributed by atoms with E-state index in [2.05, 4.69) is 27.7 Å². The molecule has 2 unspecified atom stereocenters. The lowest BCUT2D eigenvalue weighted by Gasteiger charge is -2.34. The summed E-state index contributed by atoms with van der Waals surface area (Å²) in [7, 11) is 1.68. The first kappa shape index (κ1) is 60.5. The van der Waals surface area contributed by atoms with Gasteiger partial charge in [-0.15, -0.1) is 0 Å². The predicted molar refractivity (Wildman–Crippen MR) is 238 cm³/mol. The maximum Gasteiger partial charge on any atom is 0.416 e. The van der Waals surface area contributed by atoms with Crippen molar-refractivity contribution in [3.05, 3.63) is 69.8 Å². The monoisotopic (exact) mass is 951 g/mol. The van der Waals surface area contributed by atoms with Gasteiger partial charge in [0.25, 0.3) is 0 Å². The molecule has 0 bridgehead atoms. The molecule has 2 nitrogen and oxygen atoms in total. The Balaban J connectivity index is 0.000000650. The molecule has 0 saturated heterocycles. The van der Waals surface area contributed by atoms with Gasteiger partial charge < -0.3 is 9.47 Å². The third-order valence-corrected chi connectivity index (χ3v) is 12.7. The number of ether oxygens (including phenoxy) is 2. The van der Waals surface area contributed by atoms with Crippen LogP contribution in [-0.4, -0.2) is 24.9 Å². The molecule has 0 saturated carbocycles. The normalized spacial score (nSPS) is 14.0. The second kappa shape index (κ2) is 28.8. The van der Waals surface area contributed by atoms with E-state index in [9.17, 15) is 52.7 Å². The number of benzene rings is 2. The Morgan fingerprint density at radius 1 is 0.385 bits per heavy atom. The van der Waals surface area contributed by atoms with Gasteiger partial charge in [0.1, 0.15) is 0 Å². The summed E-state index contributed by atoms with van der Waals surface area (Å²) in [4.78, 5) is 0. The average Bonchev–Trinajstić information content (AvgIpc) is 3.20. The number of methoxy groups -OCH3 is 1. The maximum atomic E-state index is 13.1. The van der Waals surface area contributed by atoms with Crippen LogP contribution in [0.4, 0.5) is 52.7 Å². The number of hydrogen-bond donors (Lipinski definition) is 0. The van der Waals surface area contributed by atoms with Crippen LogP contribution in [0.2, 0.25) is 0 Å². The van der Waals surface area contributed by atoms with Crippen molar-refractivity contribution >= 4 is 0 Å². The van der Waals surface area contributed by atoms with Crippen LogP contribution < -0.4 is 0 Å². The third-order valence-electron chi connectivity index (χ3n) is 12.7. The summed E-state index contributed by atoms with van der Waals surface area (Å²) < 4.78 is 168. The van der Waals surface area contributed by atoms with E-state index >= 15 is 0 Å². The van der Waals surface area contributed by atoms with Gasteiger partial charge in [-0.3, -0.25) is 0 Å². The predicted octanol–water partition coefficient (Wildman–Crippen LogP) is 18.8. The highest BCUT2D eigenvalue weighted by atomic mass is 19.4. The molecule has 0 heterocycles. The molecule has 65 heavy (non-hydrogen) atoms. The van der Waals surface area contributed by atoms with Crippen molar-refractivity contribution in [1.82, 2.24) is 0 Å². The quantitative estimate of drug-likeness (QED) is 0.0598. The lowest BCUT2D eigenvalue weighted by molar-refractivity contribution is -0.144. The Bertz CT molecular complexity index is 1510. The standard InChI is InChI=1S/C26H40F6O.C25H38F6O/c1-5-7-8-9-10-11-15-21(24(3,4)33-6-2)16-13-12-14-20-17-22(25(27,28)29)19-23(18-20)26(30,31)32;1-5-6-7-8-9-10-14-20(23(2,3)32-4)15-12-11-13-19-16-21(24(26,27)28)18-22(17-19)25(29,30)31/h17-19,21H,5-16H2,1-4H3;16-18,20H,5-15H2,1-4H3. The second-order valence-corrected chi connectivity index (χ2v) is 18.7.